The van der Waals surface area contributed by atoms with Gasteiger partial charge in [-0.15, -0.1) is 0 Å². The van der Waals surface area contributed by atoms with E-state index in [-0.39, 0.29) is 24.7 Å². The van der Waals surface area contributed by atoms with Gasteiger partial charge in [0, 0.05) is 18.2 Å². The van der Waals surface area contributed by atoms with Gasteiger partial charge in [-0.25, -0.2) is 9.37 Å². The van der Waals surface area contributed by atoms with Crippen LogP contribution >= 0.6 is 0 Å². The van der Waals surface area contributed by atoms with Gasteiger partial charge in [0.1, 0.15) is 30.1 Å². The van der Waals surface area contributed by atoms with E-state index in [1.165, 1.54) is 18.4 Å². The Labute approximate surface area is 176 Å². The molecule has 1 heterocycles. The molecule has 0 saturated heterocycles. The van der Waals surface area contributed by atoms with Crippen LogP contribution in [0.4, 0.5) is 17.6 Å². The van der Waals surface area contributed by atoms with Crippen molar-refractivity contribution in [3.05, 3.63) is 82.8 Å². The van der Waals surface area contributed by atoms with Crippen molar-refractivity contribution < 1.29 is 31.8 Å². The van der Waals surface area contributed by atoms with E-state index in [4.69, 9.17) is 14.3 Å². The first-order valence-electron chi connectivity index (χ1n) is 9.67. The number of aliphatic hydroxyl groups is 1. The van der Waals surface area contributed by atoms with Gasteiger partial charge < -0.3 is 14.3 Å². The number of aryl methyl sites for hydroxylation is 1. The highest BCUT2D eigenvalue weighted by molar-refractivity contribution is 5.66. The zero-order valence-electron chi connectivity index (χ0n) is 16.5. The summed E-state index contributed by atoms with van der Waals surface area (Å²) in [6.45, 7) is 0.352. The van der Waals surface area contributed by atoms with Gasteiger partial charge in [-0.3, -0.25) is 0 Å². The Morgan fingerprint density at radius 2 is 1.81 bits per heavy atom. The third-order valence-electron chi connectivity index (χ3n) is 4.49. The van der Waals surface area contributed by atoms with Gasteiger partial charge in [-0.1, -0.05) is 18.2 Å². The van der Waals surface area contributed by atoms with Crippen molar-refractivity contribution in [2.24, 2.45) is 0 Å². The number of rotatable bonds is 9. The van der Waals surface area contributed by atoms with E-state index < -0.39 is 17.6 Å². The number of aliphatic hydroxyl groups excluding tert-OH is 1. The molecule has 164 valence electrons. The van der Waals surface area contributed by atoms with Crippen LogP contribution in [0.1, 0.15) is 41.1 Å². The van der Waals surface area contributed by atoms with Crippen molar-refractivity contribution in [3.8, 4) is 5.75 Å². The standard InChI is InChI=1S/C23H21F4NO3/c24-21-13-18(23(25,26)27)8-6-17(21)7-11-22-28-19(15-31-22)14-30-20-9-4-16(5-10-20)3-1-2-12-29/h4-11,13,15,29H,1-3,12,14H2/b11-7+. The molecule has 0 aliphatic heterocycles. The predicted octanol–water partition coefficient (Wildman–Crippen LogP) is 5.90. The molecule has 3 aromatic rings. The number of unbranched alkanes of at least 4 members (excludes halogenated alkanes) is 1. The number of benzene rings is 2. The molecule has 2 aromatic carbocycles. The second-order valence-electron chi connectivity index (χ2n) is 6.86. The Balaban J connectivity index is 1.54. The molecule has 0 fully saturated rings. The maximum atomic E-state index is 13.9. The van der Waals surface area contributed by atoms with Crippen LogP contribution in [0, 0.1) is 5.82 Å². The van der Waals surface area contributed by atoms with Gasteiger partial charge in [-0.2, -0.15) is 13.2 Å². The maximum absolute atomic E-state index is 13.9. The first-order valence-corrected chi connectivity index (χ1v) is 9.67. The van der Waals surface area contributed by atoms with Gasteiger partial charge in [0.05, 0.1) is 5.56 Å². The first-order chi connectivity index (χ1) is 14.8. The molecule has 0 atom stereocenters. The van der Waals surface area contributed by atoms with Gasteiger partial charge in [0.2, 0.25) is 5.89 Å². The molecular formula is C23H21F4NO3. The van der Waals surface area contributed by atoms with Crippen molar-refractivity contribution in [1.29, 1.82) is 0 Å². The summed E-state index contributed by atoms with van der Waals surface area (Å²) in [7, 11) is 0. The maximum Gasteiger partial charge on any atom is 0.416 e. The number of hydrogen-bond donors (Lipinski definition) is 1. The fourth-order valence-electron chi connectivity index (χ4n) is 2.82. The monoisotopic (exact) mass is 435 g/mol. The normalized spacial score (nSPS) is 11.9. The van der Waals surface area contributed by atoms with E-state index in [1.54, 1.807) is 0 Å². The predicted molar refractivity (Wildman–Crippen MR) is 108 cm³/mol. The SMILES string of the molecule is OCCCCc1ccc(OCc2coc(/C=C/c3ccc(C(F)(F)F)cc3F)n2)cc1. The highest BCUT2D eigenvalue weighted by atomic mass is 19.4. The lowest BCUT2D eigenvalue weighted by molar-refractivity contribution is -0.137. The average Bonchev–Trinajstić information content (AvgIpc) is 3.19. The largest absolute Gasteiger partial charge is 0.487 e. The Morgan fingerprint density at radius 3 is 2.48 bits per heavy atom. The van der Waals surface area contributed by atoms with Crippen molar-refractivity contribution >= 4 is 12.2 Å². The molecule has 3 rings (SSSR count). The van der Waals surface area contributed by atoms with Crippen molar-refractivity contribution in [3.63, 3.8) is 0 Å². The van der Waals surface area contributed by atoms with Crippen LogP contribution in [0.2, 0.25) is 0 Å². The van der Waals surface area contributed by atoms with Crippen LogP contribution in [-0.2, 0) is 19.2 Å². The van der Waals surface area contributed by atoms with E-state index in [0.29, 0.717) is 17.5 Å². The van der Waals surface area contributed by atoms with Gasteiger partial charge in [-0.05, 0) is 55.2 Å². The van der Waals surface area contributed by atoms with Crippen LogP contribution in [0.5, 0.6) is 5.75 Å². The summed E-state index contributed by atoms with van der Waals surface area (Å²) in [5.41, 5.74) is 0.615. The molecule has 0 bridgehead atoms. The van der Waals surface area contributed by atoms with Crippen LogP contribution in [0.15, 0.2) is 53.1 Å². The van der Waals surface area contributed by atoms with Crippen LogP contribution < -0.4 is 4.74 Å². The zero-order chi connectivity index (χ0) is 22.3. The Hall–Kier alpha value is -3.13. The van der Waals surface area contributed by atoms with Crippen LogP contribution in [0.3, 0.4) is 0 Å². The summed E-state index contributed by atoms with van der Waals surface area (Å²) in [6, 6.07) is 9.94. The lowest BCUT2D eigenvalue weighted by atomic mass is 10.1. The Kier molecular flexibility index (Phi) is 7.46. The average molecular weight is 435 g/mol. The number of aromatic nitrogens is 1. The van der Waals surface area contributed by atoms with Gasteiger partial charge in [0.25, 0.3) is 0 Å². The summed E-state index contributed by atoms with van der Waals surface area (Å²) >= 11 is 0. The fourth-order valence-corrected chi connectivity index (χ4v) is 2.82. The molecule has 8 heteroatoms. The van der Waals surface area contributed by atoms with E-state index >= 15 is 0 Å². The molecular weight excluding hydrogens is 414 g/mol. The molecule has 0 saturated carbocycles. The summed E-state index contributed by atoms with van der Waals surface area (Å²) in [5, 5.41) is 8.82. The third kappa shape index (κ3) is 6.68. The molecule has 31 heavy (non-hydrogen) atoms. The van der Waals surface area contributed by atoms with Crippen LogP contribution in [-0.4, -0.2) is 16.7 Å². The molecule has 1 N–H and O–H groups in total. The molecule has 0 spiro atoms. The van der Waals surface area contributed by atoms with Gasteiger partial charge in [0.15, 0.2) is 0 Å². The Morgan fingerprint density at radius 1 is 1.03 bits per heavy atom. The Bertz CT molecular complexity index is 1010. The third-order valence-corrected chi connectivity index (χ3v) is 4.49. The van der Waals surface area contributed by atoms with Gasteiger partial charge >= 0.3 is 6.18 Å². The van der Waals surface area contributed by atoms with Crippen molar-refractivity contribution in [2.45, 2.75) is 32.0 Å². The van der Waals surface area contributed by atoms with E-state index in [2.05, 4.69) is 4.98 Å². The number of nitrogens with zero attached hydrogens (tertiary/aromatic N) is 1. The number of halogens is 4. The molecule has 0 aliphatic carbocycles. The number of oxazole rings is 1. The summed E-state index contributed by atoms with van der Waals surface area (Å²) in [6.07, 6.45) is 2.04. The highest BCUT2D eigenvalue weighted by Gasteiger charge is 2.30. The minimum absolute atomic E-state index is 0.0110. The smallest absolute Gasteiger partial charge is 0.416 e. The second kappa shape index (κ2) is 10.3. The number of hydrogen-bond acceptors (Lipinski definition) is 4. The highest BCUT2D eigenvalue weighted by Crippen LogP contribution is 2.30. The number of alkyl halides is 3. The molecule has 0 unspecified atom stereocenters. The fraction of sp³-hybridized carbons (Fsp3) is 0.261. The minimum atomic E-state index is -4.60. The van der Waals surface area contributed by atoms with E-state index in [9.17, 15) is 17.6 Å². The quantitative estimate of drug-likeness (QED) is 0.336. The molecule has 1 aromatic heterocycles. The zero-order valence-corrected chi connectivity index (χ0v) is 16.5. The number of ether oxygens (including phenoxy) is 1. The lowest BCUT2D eigenvalue weighted by Crippen LogP contribution is -2.05. The van der Waals surface area contributed by atoms with E-state index in [0.717, 1.165) is 37.0 Å². The lowest BCUT2D eigenvalue weighted by Gasteiger charge is -2.07. The summed E-state index contributed by atoms with van der Waals surface area (Å²) in [5.74, 6) is -0.143. The molecule has 0 radical (unpaired) electrons. The molecule has 4 nitrogen and oxygen atoms in total. The first kappa shape index (κ1) is 22.6. The summed E-state index contributed by atoms with van der Waals surface area (Å²) in [4.78, 5) is 4.19. The van der Waals surface area contributed by atoms with Crippen LogP contribution in [0.25, 0.3) is 12.2 Å². The van der Waals surface area contributed by atoms with E-state index in [1.807, 2.05) is 24.3 Å². The topological polar surface area (TPSA) is 55.5 Å². The van der Waals surface area contributed by atoms with Crippen molar-refractivity contribution in [2.75, 3.05) is 6.61 Å². The minimum Gasteiger partial charge on any atom is -0.487 e. The van der Waals surface area contributed by atoms with Crippen molar-refractivity contribution in [1.82, 2.24) is 4.98 Å². The molecule has 0 aliphatic rings. The second-order valence-corrected chi connectivity index (χ2v) is 6.86. The molecule has 0 amide bonds. The summed E-state index contributed by atoms with van der Waals surface area (Å²) < 4.78 is 62.6.